The van der Waals surface area contributed by atoms with E-state index in [1.54, 1.807) is 11.1 Å². The molecule has 2 aromatic heterocycles. The van der Waals surface area contributed by atoms with Crippen molar-refractivity contribution >= 4 is 11.8 Å². The van der Waals surface area contributed by atoms with E-state index in [4.69, 9.17) is 4.74 Å². The third kappa shape index (κ3) is 4.01. The number of H-pyrrole nitrogens is 1. The first-order valence-electron chi connectivity index (χ1n) is 11.7. The van der Waals surface area contributed by atoms with Gasteiger partial charge in [0.15, 0.2) is 5.69 Å². The normalized spacial score (nSPS) is 21.3. The third-order valence-electron chi connectivity index (χ3n) is 6.88. The number of rotatable bonds is 3. The molecule has 5 rings (SSSR count). The summed E-state index contributed by atoms with van der Waals surface area (Å²) in [6, 6.07) is 0. The van der Waals surface area contributed by atoms with Gasteiger partial charge in [0.05, 0.1) is 24.5 Å². The Balaban J connectivity index is 1.27. The third-order valence-corrected chi connectivity index (χ3v) is 6.88. The van der Waals surface area contributed by atoms with Crippen LogP contribution >= 0.6 is 0 Å². The Hall–Kier alpha value is -2.81. The minimum atomic E-state index is -0.0419. The molecule has 2 saturated heterocycles. The van der Waals surface area contributed by atoms with Gasteiger partial charge in [0.2, 0.25) is 0 Å². The van der Waals surface area contributed by atoms with E-state index in [-0.39, 0.29) is 17.7 Å². The van der Waals surface area contributed by atoms with Crippen LogP contribution in [0.15, 0.2) is 6.20 Å². The number of morpholine rings is 1. The van der Waals surface area contributed by atoms with Gasteiger partial charge in [0.1, 0.15) is 5.82 Å². The number of aromatic nitrogens is 4. The van der Waals surface area contributed by atoms with Crippen LogP contribution in [0.5, 0.6) is 0 Å². The van der Waals surface area contributed by atoms with Crippen LogP contribution in [0.25, 0.3) is 0 Å². The summed E-state index contributed by atoms with van der Waals surface area (Å²) < 4.78 is 5.33. The van der Waals surface area contributed by atoms with Gasteiger partial charge in [-0.3, -0.25) is 14.7 Å². The zero-order valence-electron chi connectivity index (χ0n) is 18.6. The number of fused-ring (bicyclic) bond motifs is 1. The highest BCUT2D eigenvalue weighted by Crippen LogP contribution is 2.28. The molecule has 170 valence electrons. The fourth-order valence-corrected chi connectivity index (χ4v) is 4.97. The molecule has 2 amide bonds. The number of amides is 2. The number of aromatic amines is 1. The first kappa shape index (κ1) is 21.1. The highest BCUT2D eigenvalue weighted by atomic mass is 16.5. The van der Waals surface area contributed by atoms with Gasteiger partial charge >= 0.3 is 0 Å². The second-order valence-corrected chi connectivity index (χ2v) is 8.96. The predicted octanol–water partition coefficient (Wildman–Crippen LogP) is 1.88. The van der Waals surface area contributed by atoms with Crippen molar-refractivity contribution in [3.05, 3.63) is 40.2 Å². The lowest BCUT2D eigenvalue weighted by Gasteiger charge is -2.27. The standard InChI is InChI=1S/C23H30N6O3/c1-15-18(22(30)28-9-11-32-12-10-28)13-24-21(25-15)16-7-8-29(14-16)23(31)20-17-5-3-2-4-6-19(17)26-27-20/h13,16H,2-12,14H2,1H3,(H,26,27). The van der Waals surface area contributed by atoms with Gasteiger partial charge < -0.3 is 14.5 Å². The van der Waals surface area contributed by atoms with E-state index < -0.39 is 0 Å². The van der Waals surface area contributed by atoms with E-state index in [0.29, 0.717) is 62.2 Å². The molecule has 1 N–H and O–H groups in total. The maximum absolute atomic E-state index is 13.2. The SMILES string of the molecule is Cc1nc(C2CCN(C(=O)c3n[nH]c4c3CCCCC4)C2)ncc1C(=O)N1CCOCC1. The van der Waals surface area contributed by atoms with Gasteiger partial charge in [-0.2, -0.15) is 5.10 Å². The number of carbonyl (C=O) groups excluding carboxylic acids is 2. The van der Waals surface area contributed by atoms with Crippen molar-refractivity contribution in [2.24, 2.45) is 0 Å². The van der Waals surface area contributed by atoms with Crippen molar-refractivity contribution < 1.29 is 14.3 Å². The average Bonchev–Trinajstić information content (AvgIpc) is 3.41. The van der Waals surface area contributed by atoms with Crippen LogP contribution in [0.4, 0.5) is 0 Å². The van der Waals surface area contributed by atoms with E-state index in [1.165, 1.54) is 6.42 Å². The van der Waals surface area contributed by atoms with Gasteiger partial charge in [-0.25, -0.2) is 9.97 Å². The molecular weight excluding hydrogens is 408 g/mol. The Morgan fingerprint density at radius 3 is 2.69 bits per heavy atom. The van der Waals surface area contributed by atoms with Crippen molar-refractivity contribution in [3.8, 4) is 0 Å². The fraction of sp³-hybridized carbons (Fsp3) is 0.609. The van der Waals surface area contributed by atoms with Crippen molar-refractivity contribution in [2.45, 2.75) is 51.4 Å². The van der Waals surface area contributed by atoms with Gasteiger partial charge in [0, 0.05) is 49.6 Å². The average molecular weight is 439 g/mol. The van der Waals surface area contributed by atoms with Crippen LogP contribution in [-0.2, 0) is 17.6 Å². The molecule has 1 atom stereocenters. The van der Waals surface area contributed by atoms with Gasteiger partial charge in [-0.15, -0.1) is 0 Å². The molecule has 0 aromatic carbocycles. The zero-order valence-corrected chi connectivity index (χ0v) is 18.6. The lowest BCUT2D eigenvalue weighted by Crippen LogP contribution is -2.41. The van der Waals surface area contributed by atoms with Crippen LogP contribution in [0.1, 0.15) is 75.2 Å². The molecule has 2 aliphatic heterocycles. The molecule has 0 bridgehead atoms. The predicted molar refractivity (Wildman–Crippen MR) is 117 cm³/mol. The highest BCUT2D eigenvalue weighted by Gasteiger charge is 2.33. The number of hydrogen-bond donors (Lipinski definition) is 1. The van der Waals surface area contributed by atoms with Crippen molar-refractivity contribution in [1.29, 1.82) is 0 Å². The number of nitrogens with zero attached hydrogens (tertiary/aromatic N) is 5. The van der Waals surface area contributed by atoms with E-state index in [9.17, 15) is 9.59 Å². The first-order chi connectivity index (χ1) is 15.6. The molecule has 0 spiro atoms. The summed E-state index contributed by atoms with van der Waals surface area (Å²) in [5.41, 5.74) is 4.05. The molecule has 1 aliphatic carbocycles. The Morgan fingerprint density at radius 2 is 1.88 bits per heavy atom. The molecular formula is C23H30N6O3. The summed E-state index contributed by atoms with van der Waals surface area (Å²) >= 11 is 0. The molecule has 2 fully saturated rings. The van der Waals surface area contributed by atoms with Crippen LogP contribution in [0.2, 0.25) is 0 Å². The second kappa shape index (κ2) is 8.97. The second-order valence-electron chi connectivity index (χ2n) is 8.96. The maximum atomic E-state index is 13.2. The van der Waals surface area contributed by atoms with Crippen molar-refractivity contribution in [3.63, 3.8) is 0 Å². The minimum Gasteiger partial charge on any atom is -0.378 e. The summed E-state index contributed by atoms with van der Waals surface area (Å²) in [6.07, 6.45) is 7.81. The molecule has 3 aliphatic rings. The molecule has 0 radical (unpaired) electrons. The summed E-state index contributed by atoms with van der Waals surface area (Å²) in [6.45, 7) is 5.42. The van der Waals surface area contributed by atoms with E-state index in [2.05, 4.69) is 20.2 Å². The van der Waals surface area contributed by atoms with Crippen molar-refractivity contribution in [1.82, 2.24) is 30.0 Å². The smallest absolute Gasteiger partial charge is 0.274 e. The minimum absolute atomic E-state index is 0.00253. The van der Waals surface area contributed by atoms with E-state index in [1.807, 2.05) is 11.8 Å². The lowest BCUT2D eigenvalue weighted by molar-refractivity contribution is 0.0301. The largest absolute Gasteiger partial charge is 0.378 e. The Bertz CT molecular complexity index is 1010. The number of likely N-dealkylation sites (tertiary alicyclic amines) is 1. The monoisotopic (exact) mass is 438 g/mol. The zero-order chi connectivity index (χ0) is 22.1. The van der Waals surface area contributed by atoms with Gasteiger partial charge in [-0.1, -0.05) is 6.42 Å². The number of aryl methyl sites for hydroxylation is 2. The summed E-state index contributed by atoms with van der Waals surface area (Å²) in [5, 5.41) is 7.47. The summed E-state index contributed by atoms with van der Waals surface area (Å²) in [7, 11) is 0. The maximum Gasteiger partial charge on any atom is 0.274 e. The van der Waals surface area contributed by atoms with Crippen molar-refractivity contribution in [2.75, 3.05) is 39.4 Å². The van der Waals surface area contributed by atoms with Crippen LogP contribution < -0.4 is 0 Å². The highest BCUT2D eigenvalue weighted by molar-refractivity contribution is 5.95. The van der Waals surface area contributed by atoms with Gasteiger partial charge in [0.25, 0.3) is 11.8 Å². The lowest BCUT2D eigenvalue weighted by atomic mass is 10.1. The molecule has 32 heavy (non-hydrogen) atoms. The van der Waals surface area contributed by atoms with Crippen LogP contribution in [-0.4, -0.2) is 81.2 Å². The number of nitrogens with one attached hydrogen (secondary N) is 1. The number of hydrogen-bond acceptors (Lipinski definition) is 6. The molecule has 0 saturated carbocycles. The Morgan fingerprint density at radius 1 is 1.06 bits per heavy atom. The Labute approximate surface area is 187 Å². The van der Waals surface area contributed by atoms with Crippen LogP contribution in [0, 0.1) is 6.92 Å². The summed E-state index contributed by atoms with van der Waals surface area (Å²) in [5.74, 6) is 0.738. The number of carbonyl (C=O) groups is 2. The summed E-state index contributed by atoms with van der Waals surface area (Å²) in [4.78, 5) is 38.8. The molecule has 1 unspecified atom stereocenters. The first-order valence-corrected chi connectivity index (χ1v) is 11.7. The van der Waals surface area contributed by atoms with E-state index in [0.717, 1.165) is 43.4 Å². The van der Waals surface area contributed by atoms with E-state index >= 15 is 0 Å². The molecule has 9 nitrogen and oxygen atoms in total. The molecule has 4 heterocycles. The van der Waals surface area contributed by atoms with Gasteiger partial charge in [-0.05, 0) is 39.0 Å². The topological polar surface area (TPSA) is 104 Å². The van der Waals surface area contributed by atoms with Crippen LogP contribution in [0.3, 0.4) is 0 Å². The number of ether oxygens (including phenoxy) is 1. The fourth-order valence-electron chi connectivity index (χ4n) is 4.97. The Kier molecular flexibility index (Phi) is 5.91. The molecule has 2 aromatic rings. The molecule has 9 heteroatoms. The quantitative estimate of drug-likeness (QED) is 0.734.